The summed E-state index contributed by atoms with van der Waals surface area (Å²) in [5, 5.41) is 0.628. The van der Waals surface area contributed by atoms with Gasteiger partial charge < -0.3 is 9.72 Å². The Balaban J connectivity index is 1.53. The molecule has 0 saturated carbocycles. The standard InChI is InChI=1S/C18H18N2O3S2/c1-9-10(2)24-17-15(9)16(21)19-14(20-17)8-23-18(22)13-7-11-5-3-4-6-12(11)25-13/h7H,3-6,8H2,1-2H3,(H,19,20,21). The van der Waals surface area contributed by atoms with Crippen LogP contribution in [0.15, 0.2) is 10.9 Å². The first-order chi connectivity index (χ1) is 12.0. The minimum absolute atomic E-state index is 0.0252. The molecule has 1 aliphatic carbocycles. The van der Waals surface area contributed by atoms with Crippen molar-refractivity contribution in [3.05, 3.63) is 48.0 Å². The largest absolute Gasteiger partial charge is 0.453 e. The van der Waals surface area contributed by atoms with E-state index in [-0.39, 0.29) is 18.1 Å². The highest BCUT2D eigenvalue weighted by Crippen LogP contribution is 2.30. The number of H-pyrrole nitrogens is 1. The Kier molecular flexibility index (Phi) is 4.21. The first-order valence-corrected chi connectivity index (χ1v) is 9.94. The van der Waals surface area contributed by atoms with Crippen LogP contribution >= 0.6 is 22.7 Å². The van der Waals surface area contributed by atoms with Crippen LogP contribution in [0.3, 0.4) is 0 Å². The summed E-state index contributed by atoms with van der Waals surface area (Å²) < 4.78 is 5.38. The summed E-state index contributed by atoms with van der Waals surface area (Å²) in [6.07, 6.45) is 4.47. The molecule has 5 nitrogen and oxygen atoms in total. The number of carbonyl (C=O) groups is 1. The SMILES string of the molecule is Cc1sc2nc(COC(=O)c3cc4c(s3)CCCC4)[nH]c(=O)c2c1C. The van der Waals surface area contributed by atoms with Crippen LogP contribution in [0.2, 0.25) is 0 Å². The van der Waals surface area contributed by atoms with Crippen LogP contribution < -0.4 is 5.56 Å². The van der Waals surface area contributed by atoms with E-state index in [0.29, 0.717) is 20.9 Å². The van der Waals surface area contributed by atoms with Crippen LogP contribution in [0.25, 0.3) is 10.2 Å². The predicted octanol–water partition coefficient (Wildman–Crippen LogP) is 3.90. The fourth-order valence-electron chi connectivity index (χ4n) is 3.16. The number of fused-ring (bicyclic) bond motifs is 2. The molecule has 3 aromatic rings. The van der Waals surface area contributed by atoms with Gasteiger partial charge in [-0.05, 0) is 56.7 Å². The summed E-state index contributed by atoms with van der Waals surface area (Å²) in [6.45, 7) is 3.87. The third kappa shape index (κ3) is 3.02. The quantitative estimate of drug-likeness (QED) is 0.706. The molecule has 0 saturated heterocycles. The maximum atomic E-state index is 12.3. The van der Waals surface area contributed by atoms with Gasteiger partial charge in [0.2, 0.25) is 0 Å². The third-order valence-corrected chi connectivity index (χ3v) is 6.94. The molecule has 0 unspecified atom stereocenters. The molecule has 0 fully saturated rings. The molecular weight excluding hydrogens is 356 g/mol. The predicted molar refractivity (Wildman–Crippen MR) is 99.8 cm³/mol. The van der Waals surface area contributed by atoms with Gasteiger partial charge in [0, 0.05) is 9.75 Å². The highest BCUT2D eigenvalue weighted by molar-refractivity contribution is 7.18. The van der Waals surface area contributed by atoms with Crippen molar-refractivity contribution in [2.24, 2.45) is 0 Å². The lowest BCUT2D eigenvalue weighted by molar-refractivity contribution is 0.0468. The zero-order valence-electron chi connectivity index (χ0n) is 14.1. The molecule has 4 rings (SSSR count). The fraction of sp³-hybridized carbons (Fsp3) is 0.389. The molecule has 25 heavy (non-hydrogen) atoms. The minimum atomic E-state index is -0.347. The Bertz CT molecular complexity index is 1010. The average Bonchev–Trinajstić information content (AvgIpc) is 3.14. The van der Waals surface area contributed by atoms with Crippen molar-refractivity contribution in [3.63, 3.8) is 0 Å². The van der Waals surface area contributed by atoms with Gasteiger partial charge in [0.15, 0.2) is 0 Å². The van der Waals surface area contributed by atoms with Crippen molar-refractivity contribution in [2.45, 2.75) is 46.1 Å². The molecule has 0 amide bonds. The van der Waals surface area contributed by atoms with Crippen LogP contribution in [0.1, 0.15) is 49.2 Å². The number of hydrogen-bond acceptors (Lipinski definition) is 6. The third-order valence-electron chi connectivity index (χ3n) is 4.63. The lowest BCUT2D eigenvalue weighted by Crippen LogP contribution is -2.14. The number of nitrogens with one attached hydrogen (secondary N) is 1. The summed E-state index contributed by atoms with van der Waals surface area (Å²) in [5.74, 6) is 0.0362. The van der Waals surface area contributed by atoms with E-state index >= 15 is 0 Å². The van der Waals surface area contributed by atoms with Crippen molar-refractivity contribution in [1.82, 2.24) is 9.97 Å². The number of aromatic amines is 1. The van der Waals surface area contributed by atoms with Gasteiger partial charge in [0.1, 0.15) is 22.1 Å². The Hall–Kier alpha value is -1.99. The Morgan fingerprint density at radius 1 is 1.28 bits per heavy atom. The number of esters is 1. The average molecular weight is 374 g/mol. The first kappa shape index (κ1) is 16.5. The maximum absolute atomic E-state index is 12.3. The molecule has 0 bridgehead atoms. The fourth-order valence-corrected chi connectivity index (χ4v) is 5.36. The van der Waals surface area contributed by atoms with Gasteiger partial charge in [-0.3, -0.25) is 4.79 Å². The summed E-state index contributed by atoms with van der Waals surface area (Å²) in [4.78, 5) is 35.4. The number of aromatic nitrogens is 2. The first-order valence-electron chi connectivity index (χ1n) is 8.30. The highest BCUT2D eigenvalue weighted by atomic mass is 32.1. The monoisotopic (exact) mass is 374 g/mol. The van der Waals surface area contributed by atoms with Gasteiger partial charge in [0.25, 0.3) is 5.56 Å². The van der Waals surface area contributed by atoms with Gasteiger partial charge in [-0.1, -0.05) is 0 Å². The molecular formula is C18H18N2O3S2. The molecule has 1 aliphatic rings. The van der Waals surface area contributed by atoms with Crippen LogP contribution in [-0.2, 0) is 24.2 Å². The van der Waals surface area contributed by atoms with Gasteiger partial charge >= 0.3 is 5.97 Å². The smallest absolute Gasteiger partial charge is 0.348 e. The van der Waals surface area contributed by atoms with Gasteiger partial charge in [-0.2, -0.15) is 0 Å². The second-order valence-corrected chi connectivity index (χ2v) is 8.66. The number of aryl methyl sites for hydroxylation is 4. The number of ether oxygens (including phenoxy) is 1. The second-order valence-electron chi connectivity index (χ2n) is 6.32. The number of hydrogen-bond donors (Lipinski definition) is 1. The number of rotatable bonds is 3. The van der Waals surface area contributed by atoms with Crippen LogP contribution in [0, 0.1) is 13.8 Å². The van der Waals surface area contributed by atoms with Gasteiger partial charge in [0.05, 0.1) is 5.39 Å². The number of thiophene rings is 2. The van der Waals surface area contributed by atoms with E-state index < -0.39 is 0 Å². The summed E-state index contributed by atoms with van der Waals surface area (Å²) in [6, 6.07) is 1.95. The van der Waals surface area contributed by atoms with Crippen molar-refractivity contribution in [2.75, 3.05) is 0 Å². The molecule has 130 valence electrons. The van der Waals surface area contributed by atoms with Crippen molar-refractivity contribution in [3.8, 4) is 0 Å². The topological polar surface area (TPSA) is 72.0 Å². The minimum Gasteiger partial charge on any atom is -0.453 e. The van der Waals surface area contributed by atoms with Gasteiger partial charge in [-0.15, -0.1) is 22.7 Å². The Labute approximate surface area is 152 Å². The molecule has 0 radical (unpaired) electrons. The molecule has 0 aliphatic heterocycles. The van der Waals surface area contributed by atoms with E-state index in [4.69, 9.17) is 4.74 Å². The normalized spacial score (nSPS) is 13.8. The molecule has 0 spiro atoms. The van der Waals surface area contributed by atoms with Crippen LogP contribution in [0.5, 0.6) is 0 Å². The summed E-state index contributed by atoms with van der Waals surface area (Å²) in [7, 11) is 0. The Morgan fingerprint density at radius 3 is 2.88 bits per heavy atom. The van der Waals surface area contributed by atoms with E-state index in [9.17, 15) is 9.59 Å². The van der Waals surface area contributed by atoms with E-state index in [0.717, 1.165) is 23.3 Å². The summed E-state index contributed by atoms with van der Waals surface area (Å²) in [5.41, 5.74) is 2.06. The Morgan fingerprint density at radius 2 is 2.08 bits per heavy atom. The lowest BCUT2D eigenvalue weighted by Gasteiger charge is -2.08. The van der Waals surface area contributed by atoms with Crippen LogP contribution in [-0.4, -0.2) is 15.9 Å². The van der Waals surface area contributed by atoms with Crippen molar-refractivity contribution in [1.29, 1.82) is 0 Å². The zero-order chi connectivity index (χ0) is 17.6. The zero-order valence-corrected chi connectivity index (χ0v) is 15.7. The van der Waals surface area contributed by atoms with Crippen LogP contribution in [0.4, 0.5) is 0 Å². The van der Waals surface area contributed by atoms with E-state index in [1.807, 2.05) is 19.9 Å². The van der Waals surface area contributed by atoms with Crippen molar-refractivity contribution >= 4 is 38.9 Å². The molecule has 3 heterocycles. The molecule has 1 N–H and O–H groups in total. The lowest BCUT2D eigenvalue weighted by atomic mass is 9.99. The van der Waals surface area contributed by atoms with Gasteiger partial charge in [-0.25, -0.2) is 9.78 Å². The highest BCUT2D eigenvalue weighted by Gasteiger charge is 2.19. The molecule has 0 aromatic carbocycles. The van der Waals surface area contributed by atoms with Crippen molar-refractivity contribution < 1.29 is 9.53 Å². The van der Waals surface area contributed by atoms with E-state index in [2.05, 4.69) is 9.97 Å². The summed E-state index contributed by atoms with van der Waals surface area (Å²) >= 11 is 3.01. The molecule has 7 heteroatoms. The molecule has 0 atom stereocenters. The number of nitrogens with zero attached hydrogens (tertiary/aromatic N) is 1. The number of carbonyl (C=O) groups excluding carboxylic acids is 1. The maximum Gasteiger partial charge on any atom is 0.348 e. The second kappa shape index (κ2) is 6.38. The van der Waals surface area contributed by atoms with E-state index in [1.165, 1.54) is 46.0 Å². The molecule has 3 aromatic heterocycles. The van der Waals surface area contributed by atoms with E-state index in [1.54, 1.807) is 0 Å².